The van der Waals surface area contributed by atoms with E-state index in [1.165, 1.54) is 18.9 Å². The van der Waals surface area contributed by atoms with Gasteiger partial charge in [-0.15, -0.1) is 0 Å². The summed E-state index contributed by atoms with van der Waals surface area (Å²) in [5.41, 5.74) is 2.57. The number of hydrogen-bond donors (Lipinski definition) is 1. The molecule has 3 fully saturated rings. The van der Waals surface area contributed by atoms with Gasteiger partial charge in [0.05, 0.1) is 10.6 Å². The van der Waals surface area contributed by atoms with Crippen LogP contribution in [0.3, 0.4) is 0 Å². The maximum absolute atomic E-state index is 13.6. The molecule has 2 saturated heterocycles. The Kier molecular flexibility index (Phi) is 5.38. The van der Waals surface area contributed by atoms with E-state index < -0.39 is 5.92 Å². The SMILES string of the molecule is O=[N+]([O-])c1ccc(-c2n[nH]c(-c3cccc(N4CCC(F)(F)CC4)n3)n2)c(N2CCC3(CC2)CC3)c1. The lowest BCUT2D eigenvalue weighted by Gasteiger charge is -2.34. The third kappa shape index (κ3) is 4.38. The molecule has 2 aromatic heterocycles. The minimum absolute atomic E-state index is 0.0395. The molecular formula is C25H27F2N7O2. The number of pyridine rings is 1. The normalized spacial score (nSPS) is 20.5. The van der Waals surface area contributed by atoms with E-state index in [-0.39, 0.29) is 36.5 Å². The molecule has 1 saturated carbocycles. The Bertz CT molecular complexity index is 1290. The second kappa shape index (κ2) is 8.49. The van der Waals surface area contributed by atoms with E-state index in [4.69, 9.17) is 0 Å². The lowest BCUT2D eigenvalue weighted by Crippen LogP contribution is -2.39. The second-order valence-corrected chi connectivity index (χ2v) is 10.2. The van der Waals surface area contributed by atoms with Gasteiger partial charge in [0.2, 0.25) is 0 Å². The van der Waals surface area contributed by atoms with Gasteiger partial charge >= 0.3 is 0 Å². The molecule has 3 aromatic rings. The van der Waals surface area contributed by atoms with Crippen molar-refractivity contribution in [2.45, 2.75) is 44.4 Å². The summed E-state index contributed by atoms with van der Waals surface area (Å²) in [4.78, 5) is 24.5. The van der Waals surface area contributed by atoms with Gasteiger partial charge in [-0.1, -0.05) is 6.07 Å². The Labute approximate surface area is 206 Å². The van der Waals surface area contributed by atoms with Gasteiger partial charge in [0, 0.05) is 56.7 Å². The van der Waals surface area contributed by atoms with Crippen LogP contribution in [0, 0.1) is 15.5 Å². The molecule has 4 heterocycles. The van der Waals surface area contributed by atoms with Gasteiger partial charge in [0.25, 0.3) is 11.6 Å². The average molecular weight is 496 g/mol. The highest BCUT2D eigenvalue weighted by molar-refractivity contribution is 5.77. The van der Waals surface area contributed by atoms with Crippen LogP contribution in [-0.2, 0) is 0 Å². The van der Waals surface area contributed by atoms with Crippen LogP contribution in [0.4, 0.5) is 26.0 Å². The molecule has 188 valence electrons. The average Bonchev–Trinajstić information content (AvgIpc) is 3.44. The van der Waals surface area contributed by atoms with Crippen molar-refractivity contribution in [1.29, 1.82) is 0 Å². The summed E-state index contributed by atoms with van der Waals surface area (Å²) in [5, 5.41) is 18.8. The van der Waals surface area contributed by atoms with E-state index in [2.05, 4.69) is 25.1 Å². The Morgan fingerprint density at radius 2 is 1.64 bits per heavy atom. The highest BCUT2D eigenvalue weighted by Gasteiger charge is 2.44. The fourth-order valence-corrected chi connectivity index (χ4v) is 5.27. The number of anilines is 2. The molecule has 3 aliphatic rings. The first kappa shape index (κ1) is 22.8. The molecule has 0 bridgehead atoms. The van der Waals surface area contributed by atoms with Crippen LogP contribution >= 0.6 is 0 Å². The Balaban J connectivity index is 1.28. The van der Waals surface area contributed by atoms with Crippen LogP contribution in [0.15, 0.2) is 36.4 Å². The minimum Gasteiger partial charge on any atom is -0.371 e. The van der Waals surface area contributed by atoms with E-state index >= 15 is 0 Å². The molecule has 9 nitrogen and oxygen atoms in total. The number of non-ortho nitro benzene ring substituents is 1. The standard InChI is InChI=1S/C25H27F2N7O2/c26-25(27)10-14-33(15-11-25)21-3-1-2-19(28-21)23-29-22(30-31-23)18-5-4-17(34(35)36)16-20(18)32-12-8-24(6-7-24)9-13-32/h1-5,16H,6-15H2,(H,29,30,31). The number of halogens is 2. The summed E-state index contributed by atoms with van der Waals surface area (Å²) in [6.07, 6.45) is 4.36. The van der Waals surface area contributed by atoms with Crippen LogP contribution in [0.25, 0.3) is 22.9 Å². The van der Waals surface area contributed by atoms with Gasteiger partial charge in [-0.05, 0) is 49.3 Å². The maximum atomic E-state index is 13.6. The number of H-pyrrole nitrogens is 1. The number of nitrogens with one attached hydrogen (secondary N) is 1. The van der Waals surface area contributed by atoms with Crippen molar-refractivity contribution >= 4 is 17.2 Å². The lowest BCUT2D eigenvalue weighted by molar-refractivity contribution is -0.384. The largest absolute Gasteiger partial charge is 0.371 e. The van der Waals surface area contributed by atoms with Crippen molar-refractivity contribution in [1.82, 2.24) is 20.2 Å². The number of rotatable bonds is 5. The van der Waals surface area contributed by atoms with E-state index in [1.807, 2.05) is 17.0 Å². The summed E-state index contributed by atoms with van der Waals surface area (Å²) < 4.78 is 27.1. The maximum Gasteiger partial charge on any atom is 0.271 e. The lowest BCUT2D eigenvalue weighted by atomic mass is 9.93. The molecule has 6 rings (SSSR count). The molecular weight excluding hydrogens is 468 g/mol. The fourth-order valence-electron chi connectivity index (χ4n) is 5.27. The van der Waals surface area contributed by atoms with Crippen LogP contribution in [0.1, 0.15) is 38.5 Å². The first-order valence-electron chi connectivity index (χ1n) is 12.4. The van der Waals surface area contributed by atoms with Crippen molar-refractivity contribution in [3.05, 3.63) is 46.5 Å². The molecule has 1 N–H and O–H groups in total. The number of hydrogen-bond acceptors (Lipinski definition) is 7. The number of aromatic nitrogens is 4. The van der Waals surface area contributed by atoms with Gasteiger partial charge in [-0.2, -0.15) is 5.10 Å². The molecule has 11 heteroatoms. The monoisotopic (exact) mass is 495 g/mol. The van der Waals surface area contributed by atoms with E-state index in [1.54, 1.807) is 18.2 Å². The summed E-state index contributed by atoms with van der Waals surface area (Å²) in [7, 11) is 0. The highest BCUT2D eigenvalue weighted by atomic mass is 19.3. The van der Waals surface area contributed by atoms with Crippen LogP contribution in [-0.4, -0.2) is 57.2 Å². The molecule has 0 atom stereocenters. The number of nitro benzene ring substituents is 1. The van der Waals surface area contributed by atoms with Crippen molar-refractivity contribution < 1.29 is 13.7 Å². The number of nitro groups is 1. The fraction of sp³-hybridized carbons (Fsp3) is 0.480. The first-order valence-corrected chi connectivity index (χ1v) is 12.4. The molecule has 1 aliphatic carbocycles. The molecule has 0 radical (unpaired) electrons. The van der Waals surface area contributed by atoms with Crippen LogP contribution in [0.5, 0.6) is 0 Å². The van der Waals surface area contributed by atoms with E-state index in [0.29, 0.717) is 28.6 Å². The molecule has 36 heavy (non-hydrogen) atoms. The van der Waals surface area contributed by atoms with Gasteiger partial charge in [0.15, 0.2) is 11.6 Å². The highest BCUT2D eigenvalue weighted by Crippen LogP contribution is 2.54. The third-order valence-electron chi connectivity index (χ3n) is 7.84. The minimum atomic E-state index is -2.62. The summed E-state index contributed by atoms with van der Waals surface area (Å²) in [6.45, 7) is 2.19. The second-order valence-electron chi connectivity index (χ2n) is 10.2. The number of benzene rings is 1. The zero-order valence-electron chi connectivity index (χ0n) is 19.8. The summed E-state index contributed by atoms with van der Waals surface area (Å²) in [5.74, 6) is -1.11. The zero-order chi connectivity index (χ0) is 24.9. The van der Waals surface area contributed by atoms with Crippen molar-refractivity contribution in [3.8, 4) is 22.9 Å². The van der Waals surface area contributed by atoms with Crippen molar-refractivity contribution in [3.63, 3.8) is 0 Å². The van der Waals surface area contributed by atoms with Gasteiger partial charge in [-0.25, -0.2) is 18.7 Å². The summed E-state index contributed by atoms with van der Waals surface area (Å²) in [6, 6.07) is 10.2. The Morgan fingerprint density at radius 3 is 2.33 bits per heavy atom. The predicted molar refractivity (Wildman–Crippen MR) is 131 cm³/mol. The van der Waals surface area contributed by atoms with Crippen molar-refractivity contribution in [2.24, 2.45) is 5.41 Å². The number of piperidine rings is 2. The van der Waals surface area contributed by atoms with Gasteiger partial charge in [-0.3, -0.25) is 15.2 Å². The molecule has 1 spiro atoms. The molecule has 0 amide bonds. The first-order chi connectivity index (χ1) is 17.3. The zero-order valence-corrected chi connectivity index (χ0v) is 19.8. The predicted octanol–water partition coefficient (Wildman–Crippen LogP) is 5.06. The number of nitrogens with zero attached hydrogens (tertiary/aromatic N) is 6. The van der Waals surface area contributed by atoms with Crippen LogP contribution < -0.4 is 9.80 Å². The smallest absolute Gasteiger partial charge is 0.271 e. The van der Waals surface area contributed by atoms with Crippen LogP contribution in [0.2, 0.25) is 0 Å². The van der Waals surface area contributed by atoms with E-state index in [0.717, 1.165) is 37.2 Å². The van der Waals surface area contributed by atoms with Gasteiger partial charge in [0.1, 0.15) is 11.5 Å². The number of aromatic amines is 1. The quantitative estimate of drug-likeness (QED) is 0.390. The number of alkyl halides is 2. The molecule has 2 aliphatic heterocycles. The molecule has 0 unspecified atom stereocenters. The van der Waals surface area contributed by atoms with E-state index in [9.17, 15) is 18.9 Å². The summed E-state index contributed by atoms with van der Waals surface area (Å²) >= 11 is 0. The third-order valence-corrected chi connectivity index (χ3v) is 7.84. The van der Waals surface area contributed by atoms with Crippen molar-refractivity contribution in [2.75, 3.05) is 36.0 Å². The Morgan fingerprint density at radius 1 is 0.917 bits per heavy atom. The van der Waals surface area contributed by atoms with Gasteiger partial charge < -0.3 is 9.80 Å². The Hall–Kier alpha value is -3.63. The molecule has 1 aromatic carbocycles. The topological polar surface area (TPSA) is 104 Å².